The average Bonchev–Trinajstić information content (AvgIpc) is 1.77. The van der Waals surface area contributed by atoms with Crippen molar-refractivity contribution in [3.8, 4) is 0 Å². The Kier molecular flexibility index (Phi) is 1.12. The number of rotatable bonds is 0. The van der Waals surface area contributed by atoms with Crippen LogP contribution in [0, 0.1) is 6.92 Å². The van der Waals surface area contributed by atoms with Crippen molar-refractivity contribution in [2.45, 2.75) is 6.92 Å². The van der Waals surface area contributed by atoms with Crippen LogP contribution in [0.5, 0.6) is 0 Å². The number of hydrogen-bond donors (Lipinski definition) is 0. The zero-order valence-electron chi connectivity index (χ0n) is 4.42. The second-order valence-corrected chi connectivity index (χ2v) is 1.48. The van der Waals surface area contributed by atoms with Gasteiger partial charge in [-0.25, -0.2) is 4.79 Å². The summed E-state index contributed by atoms with van der Waals surface area (Å²) >= 11 is 0. The summed E-state index contributed by atoms with van der Waals surface area (Å²) < 4.78 is 4.25. The molecule has 3 nitrogen and oxygen atoms in total. The molecule has 0 N–H and O–H groups in total. The average molecular weight is 111 g/mol. The maximum Gasteiger partial charge on any atom is 0.358 e. The van der Waals surface area contributed by atoms with Gasteiger partial charge in [-0.3, -0.25) is 0 Å². The van der Waals surface area contributed by atoms with Gasteiger partial charge in [0.05, 0.1) is 5.69 Å². The summed E-state index contributed by atoms with van der Waals surface area (Å²) in [6.45, 7) is 1.75. The van der Waals surface area contributed by atoms with E-state index in [1.165, 1.54) is 6.07 Å². The molecule has 0 aliphatic heterocycles. The summed E-state index contributed by atoms with van der Waals surface area (Å²) in [4.78, 5) is 10.2. The predicted molar refractivity (Wildman–Crippen MR) is 27.5 cm³/mol. The lowest BCUT2D eigenvalue weighted by Gasteiger charge is -1.80. The molecular weight excluding hydrogens is 106 g/mol. The van der Waals surface area contributed by atoms with E-state index in [1.807, 2.05) is 0 Å². The molecule has 1 aromatic rings. The molecule has 0 saturated heterocycles. The first kappa shape index (κ1) is 5.03. The molecule has 1 aromatic heterocycles. The SMILES string of the molecule is Cc1ccc(=O)on1. The molecule has 1 heterocycles. The molecule has 3 heteroatoms. The highest BCUT2D eigenvalue weighted by Crippen LogP contribution is 1.81. The van der Waals surface area contributed by atoms with E-state index in [-0.39, 0.29) is 0 Å². The van der Waals surface area contributed by atoms with E-state index >= 15 is 0 Å². The minimum atomic E-state index is -0.407. The van der Waals surface area contributed by atoms with Crippen molar-refractivity contribution in [3.05, 3.63) is 28.2 Å². The van der Waals surface area contributed by atoms with Crippen molar-refractivity contribution in [3.63, 3.8) is 0 Å². The van der Waals surface area contributed by atoms with Gasteiger partial charge in [0.1, 0.15) is 0 Å². The van der Waals surface area contributed by atoms with Gasteiger partial charge < -0.3 is 4.52 Å². The highest BCUT2D eigenvalue weighted by atomic mass is 16.5. The Hall–Kier alpha value is -1.12. The van der Waals surface area contributed by atoms with Gasteiger partial charge in [0.2, 0.25) is 0 Å². The van der Waals surface area contributed by atoms with Crippen LogP contribution in [0.3, 0.4) is 0 Å². The molecule has 1 rings (SSSR count). The normalized spacial score (nSPS) is 9.12. The lowest BCUT2D eigenvalue weighted by molar-refractivity contribution is 0.363. The van der Waals surface area contributed by atoms with Gasteiger partial charge in [-0.05, 0) is 13.0 Å². The number of aromatic nitrogens is 1. The Morgan fingerprint density at radius 2 is 2.38 bits per heavy atom. The smallest absolute Gasteiger partial charge is 0.313 e. The minimum Gasteiger partial charge on any atom is -0.313 e. The molecule has 0 atom stereocenters. The third-order valence-corrected chi connectivity index (χ3v) is 0.740. The lowest BCUT2D eigenvalue weighted by atomic mass is 10.4. The first-order valence-corrected chi connectivity index (χ1v) is 2.23. The largest absolute Gasteiger partial charge is 0.358 e. The van der Waals surface area contributed by atoms with Crippen molar-refractivity contribution < 1.29 is 4.52 Å². The van der Waals surface area contributed by atoms with E-state index in [0.717, 1.165) is 0 Å². The van der Waals surface area contributed by atoms with Crippen molar-refractivity contribution >= 4 is 0 Å². The van der Waals surface area contributed by atoms with Gasteiger partial charge in [-0.15, -0.1) is 0 Å². The van der Waals surface area contributed by atoms with Crippen LogP contribution in [0.4, 0.5) is 0 Å². The van der Waals surface area contributed by atoms with Gasteiger partial charge in [0.15, 0.2) is 0 Å². The van der Waals surface area contributed by atoms with Crippen LogP contribution in [-0.2, 0) is 0 Å². The Morgan fingerprint density at radius 3 is 2.75 bits per heavy atom. The van der Waals surface area contributed by atoms with Crippen molar-refractivity contribution in [2.75, 3.05) is 0 Å². The molecule has 0 fully saturated rings. The third kappa shape index (κ3) is 0.932. The van der Waals surface area contributed by atoms with Crippen LogP contribution in [0.25, 0.3) is 0 Å². The molecule has 0 unspecified atom stereocenters. The van der Waals surface area contributed by atoms with E-state index in [9.17, 15) is 4.79 Å². The molecule has 0 aromatic carbocycles. The minimum absolute atomic E-state index is 0.407. The standard InChI is InChI=1S/C5H5NO2/c1-4-2-3-5(7)8-6-4/h2-3H,1H3. The van der Waals surface area contributed by atoms with E-state index in [2.05, 4.69) is 9.68 Å². The fraction of sp³-hybridized carbons (Fsp3) is 0.200. The summed E-state index contributed by atoms with van der Waals surface area (Å²) in [5.41, 5.74) is 0.306. The van der Waals surface area contributed by atoms with Gasteiger partial charge in [-0.1, -0.05) is 5.16 Å². The Bertz CT molecular complexity index is 208. The predicted octanol–water partition coefficient (Wildman–Crippen LogP) is 0.343. The summed E-state index contributed by atoms with van der Waals surface area (Å²) in [5.74, 6) is 0. The van der Waals surface area contributed by atoms with Gasteiger partial charge in [-0.2, -0.15) is 0 Å². The summed E-state index contributed by atoms with van der Waals surface area (Å²) in [7, 11) is 0. The van der Waals surface area contributed by atoms with Crippen LogP contribution >= 0.6 is 0 Å². The number of aryl methyl sites for hydroxylation is 1. The van der Waals surface area contributed by atoms with Crippen molar-refractivity contribution in [2.24, 2.45) is 0 Å². The fourth-order valence-electron chi connectivity index (χ4n) is 0.366. The van der Waals surface area contributed by atoms with Crippen LogP contribution in [-0.4, -0.2) is 5.16 Å². The molecule has 0 radical (unpaired) electrons. The topological polar surface area (TPSA) is 43.1 Å². The van der Waals surface area contributed by atoms with Gasteiger partial charge in [0.25, 0.3) is 0 Å². The van der Waals surface area contributed by atoms with E-state index < -0.39 is 5.63 Å². The number of hydrogen-bond acceptors (Lipinski definition) is 3. The van der Waals surface area contributed by atoms with Gasteiger partial charge in [0, 0.05) is 6.07 Å². The molecule has 0 bridgehead atoms. The highest BCUT2D eigenvalue weighted by molar-refractivity contribution is 4.93. The summed E-state index contributed by atoms with van der Waals surface area (Å²) in [5, 5.41) is 3.39. The first-order valence-electron chi connectivity index (χ1n) is 2.23. The van der Waals surface area contributed by atoms with E-state index in [4.69, 9.17) is 0 Å². The molecule has 0 spiro atoms. The molecule has 0 saturated carbocycles. The van der Waals surface area contributed by atoms with E-state index in [1.54, 1.807) is 13.0 Å². The molecule has 0 aliphatic rings. The fourth-order valence-corrected chi connectivity index (χ4v) is 0.366. The second-order valence-electron chi connectivity index (χ2n) is 1.48. The van der Waals surface area contributed by atoms with Crippen LogP contribution in [0.15, 0.2) is 21.5 Å². The Morgan fingerprint density at radius 1 is 1.62 bits per heavy atom. The highest BCUT2D eigenvalue weighted by Gasteiger charge is 1.83. The maximum absolute atomic E-state index is 10.2. The Labute approximate surface area is 45.9 Å². The molecule has 8 heavy (non-hydrogen) atoms. The van der Waals surface area contributed by atoms with Crippen molar-refractivity contribution in [1.29, 1.82) is 0 Å². The quantitative estimate of drug-likeness (QED) is 0.485. The Balaban J connectivity index is 3.22. The zero-order valence-corrected chi connectivity index (χ0v) is 4.42. The molecular formula is C5H5NO2. The maximum atomic E-state index is 10.2. The third-order valence-electron chi connectivity index (χ3n) is 0.740. The van der Waals surface area contributed by atoms with E-state index in [0.29, 0.717) is 5.69 Å². The summed E-state index contributed by atoms with van der Waals surface area (Å²) in [6.07, 6.45) is 0. The molecule has 42 valence electrons. The second kappa shape index (κ2) is 1.78. The van der Waals surface area contributed by atoms with Crippen molar-refractivity contribution in [1.82, 2.24) is 5.16 Å². The lowest BCUT2D eigenvalue weighted by Crippen LogP contribution is -1.96. The number of nitrogens with zero attached hydrogens (tertiary/aromatic N) is 1. The van der Waals surface area contributed by atoms with Gasteiger partial charge >= 0.3 is 5.63 Å². The monoisotopic (exact) mass is 111 g/mol. The summed E-state index contributed by atoms with van der Waals surface area (Å²) in [6, 6.07) is 2.94. The van der Waals surface area contributed by atoms with Crippen LogP contribution in [0.1, 0.15) is 5.69 Å². The van der Waals surface area contributed by atoms with Crippen LogP contribution in [0.2, 0.25) is 0 Å². The zero-order chi connectivity index (χ0) is 5.98. The first-order chi connectivity index (χ1) is 3.79. The van der Waals surface area contributed by atoms with Crippen LogP contribution < -0.4 is 5.63 Å². The molecule has 0 amide bonds. The molecule has 0 aliphatic carbocycles.